The van der Waals surface area contributed by atoms with Crippen molar-refractivity contribution in [2.24, 2.45) is 7.05 Å². The number of hydrogen-bond donors (Lipinski definition) is 1. The van der Waals surface area contributed by atoms with Crippen LogP contribution in [-0.2, 0) is 7.05 Å². The molecule has 2 aromatic rings. The minimum atomic E-state index is 0.384. The molecule has 0 saturated carbocycles. The summed E-state index contributed by atoms with van der Waals surface area (Å²) in [5.41, 5.74) is 6.08. The lowest BCUT2D eigenvalue weighted by atomic mass is 10.2. The van der Waals surface area contributed by atoms with E-state index in [0.717, 1.165) is 4.47 Å². The third-order valence-corrected chi connectivity index (χ3v) is 2.79. The molecule has 0 unspecified atom stereocenters. The number of aromatic nitrogens is 2. The van der Waals surface area contributed by atoms with Crippen LogP contribution >= 0.6 is 15.9 Å². The lowest BCUT2D eigenvalue weighted by molar-refractivity contribution is 0.428. The first-order valence-electron chi connectivity index (χ1n) is 4.77. The number of nitrogens with zero attached hydrogens (tertiary/aromatic N) is 3. The summed E-state index contributed by atoms with van der Waals surface area (Å²) in [7, 11) is 1.73. The number of benzene rings is 1. The molecular weight excluding hydrogens is 284 g/mol. The average Bonchev–Trinajstić information content (AvgIpc) is 2.60. The predicted molar refractivity (Wildman–Crippen MR) is 66.6 cm³/mol. The number of nitrogens with two attached hydrogens (primary N) is 1. The Morgan fingerprint density at radius 2 is 2.24 bits per heavy atom. The second-order valence-electron chi connectivity index (χ2n) is 3.39. The molecule has 0 aliphatic heterocycles. The fourth-order valence-electron chi connectivity index (χ4n) is 1.33. The summed E-state index contributed by atoms with van der Waals surface area (Å²) in [6.07, 6.45) is 0. The van der Waals surface area contributed by atoms with Crippen LogP contribution in [0.5, 0.6) is 11.6 Å². The van der Waals surface area contributed by atoms with Crippen LogP contribution in [0.25, 0.3) is 0 Å². The van der Waals surface area contributed by atoms with E-state index in [2.05, 4.69) is 27.1 Å². The van der Waals surface area contributed by atoms with Crippen molar-refractivity contribution < 1.29 is 4.74 Å². The van der Waals surface area contributed by atoms with Crippen LogP contribution in [-0.4, -0.2) is 9.78 Å². The molecule has 1 aromatic carbocycles. The van der Waals surface area contributed by atoms with E-state index in [-0.39, 0.29) is 0 Å². The maximum atomic E-state index is 8.82. The summed E-state index contributed by atoms with van der Waals surface area (Å²) in [5, 5.41) is 12.8. The third-order valence-electron chi connectivity index (χ3n) is 2.13. The highest BCUT2D eigenvalue weighted by molar-refractivity contribution is 9.10. The molecule has 0 amide bonds. The van der Waals surface area contributed by atoms with Crippen molar-refractivity contribution in [1.82, 2.24) is 9.78 Å². The molecule has 6 heteroatoms. The Morgan fingerprint density at radius 3 is 2.82 bits per heavy atom. The summed E-state index contributed by atoms with van der Waals surface area (Å²) < 4.78 is 7.91. The molecule has 1 aromatic heterocycles. The van der Waals surface area contributed by atoms with Gasteiger partial charge in [-0.2, -0.15) is 10.4 Å². The highest BCUT2D eigenvalue weighted by atomic mass is 79.9. The molecular formula is C11H9BrN4O. The van der Waals surface area contributed by atoms with Crippen LogP contribution in [0.15, 0.2) is 28.7 Å². The first-order chi connectivity index (χ1) is 8.10. The molecule has 2 N–H and O–H groups in total. The van der Waals surface area contributed by atoms with Gasteiger partial charge in [0.15, 0.2) is 0 Å². The van der Waals surface area contributed by atoms with Crippen molar-refractivity contribution in [3.8, 4) is 17.7 Å². The second kappa shape index (κ2) is 4.47. The van der Waals surface area contributed by atoms with Gasteiger partial charge in [-0.1, -0.05) is 0 Å². The first-order valence-corrected chi connectivity index (χ1v) is 5.56. The Morgan fingerprint density at radius 1 is 1.47 bits per heavy atom. The molecule has 0 bridgehead atoms. The lowest BCUT2D eigenvalue weighted by Gasteiger charge is -2.07. The van der Waals surface area contributed by atoms with Crippen LogP contribution < -0.4 is 10.5 Å². The van der Waals surface area contributed by atoms with Gasteiger partial charge < -0.3 is 10.5 Å². The summed E-state index contributed by atoms with van der Waals surface area (Å²) >= 11 is 3.35. The van der Waals surface area contributed by atoms with Crippen molar-refractivity contribution in [1.29, 1.82) is 5.26 Å². The van der Waals surface area contributed by atoms with Gasteiger partial charge in [0.25, 0.3) is 0 Å². The maximum absolute atomic E-state index is 8.82. The van der Waals surface area contributed by atoms with Gasteiger partial charge in [-0.05, 0) is 34.1 Å². The van der Waals surface area contributed by atoms with Crippen LogP contribution in [0, 0.1) is 11.3 Å². The summed E-state index contributed by atoms with van der Waals surface area (Å²) in [6, 6.07) is 8.78. The van der Waals surface area contributed by atoms with Crippen molar-refractivity contribution in [3.05, 3.63) is 34.3 Å². The van der Waals surface area contributed by atoms with Gasteiger partial charge in [0.05, 0.1) is 16.1 Å². The van der Waals surface area contributed by atoms with Crippen molar-refractivity contribution in [2.45, 2.75) is 0 Å². The Balaban J connectivity index is 2.36. The molecule has 0 aliphatic rings. The van der Waals surface area contributed by atoms with E-state index in [0.29, 0.717) is 23.0 Å². The van der Waals surface area contributed by atoms with Crippen LogP contribution in [0.4, 0.5) is 5.82 Å². The molecule has 0 spiro atoms. The first kappa shape index (κ1) is 11.5. The Bertz CT molecular complexity index is 600. The van der Waals surface area contributed by atoms with Crippen LogP contribution in [0.3, 0.4) is 0 Å². The molecule has 1 heterocycles. The highest BCUT2D eigenvalue weighted by Gasteiger charge is 2.08. The molecule has 0 fully saturated rings. The van der Waals surface area contributed by atoms with E-state index in [1.165, 1.54) is 4.68 Å². The SMILES string of the molecule is Cn1nc(N)cc1Oc1cc(C#N)ccc1Br. The Hall–Kier alpha value is -2.00. The second-order valence-corrected chi connectivity index (χ2v) is 4.24. The minimum absolute atomic E-state index is 0.384. The minimum Gasteiger partial charge on any atom is -0.438 e. The molecule has 0 aliphatic carbocycles. The molecule has 0 saturated heterocycles. The van der Waals surface area contributed by atoms with Gasteiger partial charge in [0, 0.05) is 13.1 Å². The van der Waals surface area contributed by atoms with Crippen LogP contribution in [0.1, 0.15) is 5.56 Å². The number of rotatable bonds is 2. The van der Waals surface area contributed by atoms with Gasteiger partial charge in [0.1, 0.15) is 11.6 Å². The van der Waals surface area contributed by atoms with Crippen molar-refractivity contribution >= 4 is 21.7 Å². The predicted octanol–water partition coefficient (Wildman–Crippen LogP) is 2.43. The van der Waals surface area contributed by atoms with Crippen molar-refractivity contribution in [2.75, 3.05) is 5.73 Å². The van der Waals surface area contributed by atoms with Crippen LogP contribution in [0.2, 0.25) is 0 Å². The Kier molecular flexibility index (Phi) is 3.02. The number of aryl methyl sites for hydroxylation is 1. The fraction of sp³-hybridized carbons (Fsp3) is 0.0909. The van der Waals surface area contributed by atoms with Gasteiger partial charge in [0.2, 0.25) is 5.88 Å². The zero-order chi connectivity index (χ0) is 12.4. The number of nitriles is 1. The lowest BCUT2D eigenvalue weighted by Crippen LogP contribution is -1.96. The molecule has 5 nitrogen and oxygen atoms in total. The van der Waals surface area contributed by atoms with E-state index in [1.54, 1.807) is 31.3 Å². The molecule has 2 rings (SSSR count). The quantitative estimate of drug-likeness (QED) is 0.922. The van der Waals surface area contributed by atoms with E-state index in [4.69, 9.17) is 15.7 Å². The van der Waals surface area contributed by atoms with Gasteiger partial charge in [-0.15, -0.1) is 0 Å². The average molecular weight is 293 g/mol. The van der Waals surface area contributed by atoms with Crippen molar-refractivity contribution in [3.63, 3.8) is 0 Å². The normalized spacial score (nSPS) is 9.94. The van der Waals surface area contributed by atoms with Gasteiger partial charge >= 0.3 is 0 Å². The van der Waals surface area contributed by atoms with Gasteiger partial charge in [-0.25, -0.2) is 4.68 Å². The topological polar surface area (TPSA) is 76.9 Å². The zero-order valence-corrected chi connectivity index (χ0v) is 10.6. The van der Waals surface area contributed by atoms with Gasteiger partial charge in [-0.3, -0.25) is 0 Å². The van der Waals surface area contributed by atoms with E-state index in [9.17, 15) is 0 Å². The monoisotopic (exact) mass is 292 g/mol. The molecule has 0 atom stereocenters. The molecule has 17 heavy (non-hydrogen) atoms. The van der Waals surface area contributed by atoms with E-state index in [1.807, 2.05) is 0 Å². The molecule has 0 radical (unpaired) electrons. The summed E-state index contributed by atoms with van der Waals surface area (Å²) in [4.78, 5) is 0. The third kappa shape index (κ3) is 2.40. The fourth-order valence-corrected chi connectivity index (χ4v) is 1.66. The highest BCUT2D eigenvalue weighted by Crippen LogP contribution is 2.30. The Labute approximate surface area is 107 Å². The molecule has 86 valence electrons. The maximum Gasteiger partial charge on any atom is 0.219 e. The largest absolute Gasteiger partial charge is 0.438 e. The smallest absolute Gasteiger partial charge is 0.219 e. The van der Waals surface area contributed by atoms with E-state index >= 15 is 0 Å². The standard InChI is InChI=1S/C11H9BrN4O/c1-16-11(5-10(14)15-16)17-9-4-7(6-13)2-3-8(9)12/h2-5H,1H3,(H2,14,15). The summed E-state index contributed by atoms with van der Waals surface area (Å²) in [6.45, 7) is 0. The van der Waals surface area contributed by atoms with E-state index < -0.39 is 0 Å². The summed E-state index contributed by atoms with van der Waals surface area (Å²) in [5.74, 6) is 1.44. The number of anilines is 1. The number of nitrogen functional groups attached to an aromatic ring is 1. The number of hydrogen-bond acceptors (Lipinski definition) is 4. The zero-order valence-electron chi connectivity index (χ0n) is 9.01. The number of ether oxygens (including phenoxy) is 1. The number of halogens is 1.